The standard InChI is InChI=1S/C21H26N6S/c1-12(2)15(10-22)9-20(23-5)27-19-7-6-17-18(26-19)8-16(11-24-17)21-13(3)25-14(4)28-21/h6-12,23H,22H2,1-5H3,(H,26,27)/p+1. The number of anilines is 1. The molecule has 0 spiro atoms. The van der Waals surface area contributed by atoms with Crippen LogP contribution in [0.2, 0.25) is 0 Å². The first-order valence-corrected chi connectivity index (χ1v) is 10.1. The van der Waals surface area contributed by atoms with Gasteiger partial charge in [-0.1, -0.05) is 13.8 Å². The summed E-state index contributed by atoms with van der Waals surface area (Å²) >= 11 is 1.68. The number of pyridine rings is 2. The highest BCUT2D eigenvalue weighted by Crippen LogP contribution is 2.30. The predicted octanol–water partition coefficient (Wildman–Crippen LogP) is 3.32. The van der Waals surface area contributed by atoms with Crippen molar-refractivity contribution >= 4 is 28.2 Å². The lowest BCUT2D eigenvalue weighted by molar-refractivity contribution is -0.574. The summed E-state index contributed by atoms with van der Waals surface area (Å²) < 4.78 is 0. The zero-order valence-electron chi connectivity index (χ0n) is 16.9. The number of hydrogen-bond donors (Lipinski definition) is 3. The van der Waals surface area contributed by atoms with Crippen molar-refractivity contribution in [3.05, 3.63) is 58.8 Å². The molecule has 0 unspecified atom stereocenters. The minimum Gasteiger partial charge on any atom is -0.404 e. The van der Waals surface area contributed by atoms with Gasteiger partial charge in [-0.05, 0) is 49.7 Å². The molecule has 28 heavy (non-hydrogen) atoms. The Balaban J connectivity index is 1.94. The van der Waals surface area contributed by atoms with E-state index in [-0.39, 0.29) is 0 Å². The first kappa shape index (κ1) is 20.0. The van der Waals surface area contributed by atoms with Crippen LogP contribution in [0.15, 0.2) is 48.1 Å². The van der Waals surface area contributed by atoms with Crippen LogP contribution in [-0.2, 0) is 0 Å². The molecular formula is C21H27N6S+. The summed E-state index contributed by atoms with van der Waals surface area (Å²) in [4.78, 5) is 15.0. The maximum absolute atomic E-state index is 5.75. The highest BCUT2D eigenvalue weighted by atomic mass is 32.1. The van der Waals surface area contributed by atoms with Crippen LogP contribution in [0.3, 0.4) is 0 Å². The van der Waals surface area contributed by atoms with Gasteiger partial charge in [-0.25, -0.2) is 9.97 Å². The van der Waals surface area contributed by atoms with Gasteiger partial charge in [0.2, 0.25) is 5.82 Å². The van der Waals surface area contributed by atoms with Gasteiger partial charge in [0.1, 0.15) is 5.82 Å². The van der Waals surface area contributed by atoms with Crippen molar-refractivity contribution in [2.45, 2.75) is 27.7 Å². The number of quaternary nitrogens is 1. The molecule has 3 aromatic heterocycles. The second-order valence-electron chi connectivity index (χ2n) is 6.94. The van der Waals surface area contributed by atoms with Crippen molar-refractivity contribution in [2.75, 3.05) is 12.4 Å². The summed E-state index contributed by atoms with van der Waals surface area (Å²) in [5.74, 6) is 2.08. The largest absolute Gasteiger partial charge is 0.404 e. The zero-order chi connectivity index (χ0) is 20.3. The maximum Gasteiger partial charge on any atom is 0.203 e. The van der Waals surface area contributed by atoms with Crippen LogP contribution in [0.1, 0.15) is 24.5 Å². The SMILES string of the molecule is C[NH2+]C(=CC(=CN)C(C)C)Nc1ccc2ncc(-c3sc(C)nc3C)cc2n1. The second-order valence-corrected chi connectivity index (χ2v) is 8.14. The van der Waals surface area contributed by atoms with Gasteiger partial charge in [-0.15, -0.1) is 11.3 Å². The van der Waals surface area contributed by atoms with Gasteiger partial charge < -0.3 is 11.1 Å². The summed E-state index contributed by atoms with van der Waals surface area (Å²) in [7, 11) is 1.99. The molecule has 6 nitrogen and oxygen atoms in total. The van der Waals surface area contributed by atoms with Crippen molar-refractivity contribution < 1.29 is 5.32 Å². The van der Waals surface area contributed by atoms with Crippen LogP contribution >= 0.6 is 11.3 Å². The minimum absolute atomic E-state index is 0.351. The van der Waals surface area contributed by atoms with Crippen molar-refractivity contribution in [3.63, 3.8) is 0 Å². The van der Waals surface area contributed by atoms with Crippen LogP contribution in [0.25, 0.3) is 21.5 Å². The molecule has 0 saturated heterocycles. The fraction of sp³-hybridized carbons (Fsp3) is 0.286. The molecule has 0 amide bonds. The quantitative estimate of drug-likeness (QED) is 0.557. The van der Waals surface area contributed by atoms with Gasteiger partial charge in [0, 0.05) is 17.8 Å². The lowest BCUT2D eigenvalue weighted by atomic mass is 10.0. The van der Waals surface area contributed by atoms with E-state index in [0.29, 0.717) is 5.92 Å². The molecule has 0 bridgehead atoms. The molecule has 0 aromatic carbocycles. The fourth-order valence-electron chi connectivity index (χ4n) is 2.93. The van der Waals surface area contributed by atoms with E-state index in [2.05, 4.69) is 41.3 Å². The number of thiazole rings is 1. The van der Waals surface area contributed by atoms with E-state index in [9.17, 15) is 0 Å². The number of aromatic nitrogens is 3. The third-order valence-corrected chi connectivity index (χ3v) is 5.59. The minimum atomic E-state index is 0.351. The second kappa shape index (κ2) is 8.50. The molecule has 5 N–H and O–H groups in total. The Hall–Kier alpha value is -2.77. The average molecular weight is 396 g/mol. The van der Waals surface area contributed by atoms with E-state index >= 15 is 0 Å². The molecule has 0 fully saturated rings. The van der Waals surface area contributed by atoms with Crippen LogP contribution in [-0.4, -0.2) is 22.0 Å². The smallest absolute Gasteiger partial charge is 0.203 e. The number of fused-ring (bicyclic) bond motifs is 1. The van der Waals surface area contributed by atoms with E-state index in [1.54, 1.807) is 17.5 Å². The topological polar surface area (TPSA) is 93.3 Å². The van der Waals surface area contributed by atoms with Crippen LogP contribution in [0.4, 0.5) is 5.82 Å². The first-order chi connectivity index (χ1) is 13.4. The Morgan fingerprint density at radius 2 is 2.00 bits per heavy atom. The number of nitrogens with zero attached hydrogens (tertiary/aromatic N) is 3. The molecular weight excluding hydrogens is 368 g/mol. The molecule has 3 rings (SSSR count). The summed E-state index contributed by atoms with van der Waals surface area (Å²) in [6.07, 6.45) is 5.59. The van der Waals surface area contributed by atoms with E-state index in [1.807, 2.05) is 44.5 Å². The summed E-state index contributed by atoms with van der Waals surface area (Å²) in [5.41, 5.74) is 10.6. The van der Waals surface area contributed by atoms with Gasteiger partial charge in [0.05, 0.1) is 33.7 Å². The molecule has 0 aliphatic heterocycles. The molecule has 0 atom stereocenters. The van der Waals surface area contributed by atoms with E-state index in [4.69, 9.17) is 10.7 Å². The van der Waals surface area contributed by atoms with Gasteiger partial charge in [-0.2, -0.15) is 0 Å². The predicted molar refractivity (Wildman–Crippen MR) is 117 cm³/mol. The van der Waals surface area contributed by atoms with Gasteiger partial charge in [0.15, 0.2) is 0 Å². The van der Waals surface area contributed by atoms with Crippen molar-refractivity contribution in [2.24, 2.45) is 11.7 Å². The molecule has 146 valence electrons. The Labute approximate surface area is 169 Å². The Kier molecular flexibility index (Phi) is 6.06. The van der Waals surface area contributed by atoms with Crippen LogP contribution < -0.4 is 16.4 Å². The fourth-order valence-corrected chi connectivity index (χ4v) is 3.83. The number of rotatable bonds is 6. The number of allylic oxidation sites excluding steroid dienone is 2. The van der Waals surface area contributed by atoms with Crippen molar-refractivity contribution in [1.82, 2.24) is 15.0 Å². The highest BCUT2D eigenvalue weighted by Gasteiger charge is 2.11. The number of hydrogen-bond acceptors (Lipinski definition) is 6. The molecule has 0 aliphatic carbocycles. The Bertz CT molecular complexity index is 1050. The maximum atomic E-state index is 5.75. The van der Waals surface area contributed by atoms with E-state index < -0.39 is 0 Å². The molecule has 3 aromatic rings. The average Bonchev–Trinajstić information content (AvgIpc) is 3.02. The van der Waals surface area contributed by atoms with Crippen molar-refractivity contribution in [3.8, 4) is 10.4 Å². The van der Waals surface area contributed by atoms with E-state index in [0.717, 1.165) is 49.4 Å². The summed E-state index contributed by atoms with van der Waals surface area (Å²) in [5, 5.41) is 6.44. The first-order valence-electron chi connectivity index (χ1n) is 9.32. The molecule has 3 heterocycles. The molecule has 0 saturated carbocycles. The van der Waals surface area contributed by atoms with Crippen LogP contribution in [0.5, 0.6) is 0 Å². The summed E-state index contributed by atoms with van der Waals surface area (Å²) in [6.45, 7) is 8.28. The monoisotopic (exact) mass is 395 g/mol. The zero-order valence-corrected chi connectivity index (χ0v) is 17.8. The number of nitrogens with two attached hydrogens (primary N) is 2. The van der Waals surface area contributed by atoms with Crippen molar-refractivity contribution in [1.29, 1.82) is 0 Å². The van der Waals surface area contributed by atoms with Crippen LogP contribution in [0, 0.1) is 19.8 Å². The van der Waals surface area contributed by atoms with Gasteiger partial charge in [-0.3, -0.25) is 10.3 Å². The molecule has 0 aliphatic rings. The number of nitrogens with one attached hydrogen (secondary N) is 1. The number of aryl methyl sites for hydroxylation is 2. The van der Waals surface area contributed by atoms with E-state index in [1.165, 1.54) is 0 Å². The van der Waals surface area contributed by atoms with Gasteiger partial charge >= 0.3 is 0 Å². The Morgan fingerprint density at radius 3 is 2.61 bits per heavy atom. The Morgan fingerprint density at radius 1 is 1.21 bits per heavy atom. The van der Waals surface area contributed by atoms with Gasteiger partial charge in [0.25, 0.3) is 0 Å². The summed E-state index contributed by atoms with van der Waals surface area (Å²) in [6, 6.07) is 6.00. The highest BCUT2D eigenvalue weighted by molar-refractivity contribution is 7.15. The normalized spacial score (nSPS) is 12.8. The molecule has 0 radical (unpaired) electrons. The third-order valence-electron chi connectivity index (χ3n) is 4.47. The lowest BCUT2D eigenvalue weighted by Crippen LogP contribution is -2.79. The third kappa shape index (κ3) is 4.37. The lowest BCUT2D eigenvalue weighted by Gasteiger charge is -2.10. The molecule has 7 heteroatoms.